The first-order chi connectivity index (χ1) is 8.26. The molecule has 4 N–H and O–H groups in total. The number of carbonyl (C=O) groups excluding carboxylic acids is 2. The highest BCUT2D eigenvalue weighted by Crippen LogP contribution is 2.15. The summed E-state index contributed by atoms with van der Waals surface area (Å²) in [6, 6.07) is 5.88. The molecule has 0 saturated heterocycles. The van der Waals surface area contributed by atoms with E-state index in [0.29, 0.717) is 11.4 Å². The highest BCUT2D eigenvalue weighted by molar-refractivity contribution is 5.89. The molecule has 18 heavy (non-hydrogen) atoms. The fraction of sp³-hybridized carbons (Fsp3) is 0.333. The van der Waals surface area contributed by atoms with Crippen LogP contribution in [0.3, 0.4) is 0 Å². The van der Waals surface area contributed by atoms with Gasteiger partial charge in [0, 0.05) is 11.4 Å². The van der Waals surface area contributed by atoms with Crippen molar-refractivity contribution < 1.29 is 14.3 Å². The van der Waals surface area contributed by atoms with Crippen LogP contribution in [0.2, 0.25) is 0 Å². The maximum atomic E-state index is 11.5. The molecule has 0 atom stereocenters. The van der Waals surface area contributed by atoms with Crippen LogP contribution in [0.5, 0.6) is 0 Å². The van der Waals surface area contributed by atoms with Gasteiger partial charge in [0.2, 0.25) is 0 Å². The Morgan fingerprint density at radius 2 is 1.50 bits per heavy atom. The second-order valence-corrected chi connectivity index (χ2v) is 4.69. The zero-order valence-corrected chi connectivity index (χ0v) is 10.6. The van der Waals surface area contributed by atoms with E-state index in [1.54, 1.807) is 45.0 Å². The van der Waals surface area contributed by atoms with Crippen LogP contribution < -0.4 is 16.4 Å². The molecule has 0 aliphatic carbocycles. The van der Waals surface area contributed by atoms with Gasteiger partial charge in [-0.25, -0.2) is 9.59 Å². The fourth-order valence-electron chi connectivity index (χ4n) is 1.20. The third-order valence-corrected chi connectivity index (χ3v) is 1.80. The molecule has 98 valence electrons. The highest BCUT2D eigenvalue weighted by Gasteiger charge is 2.15. The summed E-state index contributed by atoms with van der Waals surface area (Å²) in [5.41, 5.74) is 5.55. The number of nitrogens with two attached hydrogens (primary N) is 1. The van der Waals surface area contributed by atoms with E-state index < -0.39 is 17.7 Å². The van der Waals surface area contributed by atoms with E-state index in [-0.39, 0.29) is 0 Å². The first kappa shape index (κ1) is 13.8. The SMILES string of the molecule is CC(C)(C)OC(=O)Nc1ccc(NC(N)=O)cc1. The van der Waals surface area contributed by atoms with Crippen molar-refractivity contribution in [1.29, 1.82) is 0 Å². The number of nitrogens with one attached hydrogen (secondary N) is 2. The summed E-state index contributed by atoms with van der Waals surface area (Å²) in [6.07, 6.45) is -0.530. The van der Waals surface area contributed by atoms with Gasteiger partial charge in [-0.3, -0.25) is 5.32 Å². The lowest BCUT2D eigenvalue weighted by Gasteiger charge is -2.19. The minimum absolute atomic E-state index is 0.530. The molecule has 0 bridgehead atoms. The van der Waals surface area contributed by atoms with Crippen molar-refractivity contribution in [2.24, 2.45) is 5.73 Å². The Balaban J connectivity index is 2.58. The molecule has 0 saturated carbocycles. The molecule has 0 radical (unpaired) electrons. The third-order valence-electron chi connectivity index (χ3n) is 1.80. The Morgan fingerprint density at radius 3 is 1.89 bits per heavy atom. The predicted octanol–water partition coefficient (Wildman–Crippen LogP) is 2.52. The molecule has 6 nitrogen and oxygen atoms in total. The normalized spacial score (nSPS) is 10.6. The minimum Gasteiger partial charge on any atom is -0.444 e. The number of ether oxygens (including phenoxy) is 1. The standard InChI is InChI=1S/C12H17N3O3/c1-12(2,3)18-11(17)15-9-6-4-8(5-7-9)14-10(13)16/h4-7H,1-3H3,(H,15,17)(H3,13,14,16). The molecule has 1 aromatic rings. The zero-order chi connectivity index (χ0) is 13.8. The summed E-state index contributed by atoms with van der Waals surface area (Å²) in [4.78, 5) is 22.1. The number of rotatable bonds is 2. The predicted molar refractivity (Wildman–Crippen MR) is 69.5 cm³/mol. The van der Waals surface area contributed by atoms with Gasteiger partial charge in [0.25, 0.3) is 0 Å². The Hall–Kier alpha value is -2.24. The Morgan fingerprint density at radius 1 is 1.06 bits per heavy atom. The molecule has 0 aromatic heterocycles. The van der Waals surface area contributed by atoms with E-state index in [9.17, 15) is 9.59 Å². The highest BCUT2D eigenvalue weighted by atomic mass is 16.6. The van der Waals surface area contributed by atoms with Gasteiger partial charge in [-0.15, -0.1) is 0 Å². The van der Waals surface area contributed by atoms with Crippen molar-refractivity contribution in [3.05, 3.63) is 24.3 Å². The smallest absolute Gasteiger partial charge is 0.412 e. The van der Waals surface area contributed by atoms with Crippen LogP contribution in [0.25, 0.3) is 0 Å². The molecule has 1 rings (SSSR count). The van der Waals surface area contributed by atoms with Crippen molar-refractivity contribution in [2.45, 2.75) is 26.4 Å². The van der Waals surface area contributed by atoms with Gasteiger partial charge in [-0.2, -0.15) is 0 Å². The van der Waals surface area contributed by atoms with E-state index in [1.807, 2.05) is 0 Å². The molecule has 0 unspecified atom stereocenters. The number of hydrogen-bond donors (Lipinski definition) is 3. The van der Waals surface area contributed by atoms with Crippen molar-refractivity contribution in [1.82, 2.24) is 0 Å². The number of benzene rings is 1. The van der Waals surface area contributed by atoms with Crippen LogP contribution in [0.15, 0.2) is 24.3 Å². The van der Waals surface area contributed by atoms with Crippen LogP contribution in [-0.4, -0.2) is 17.7 Å². The quantitative estimate of drug-likeness (QED) is 0.753. The third kappa shape index (κ3) is 5.20. The summed E-state index contributed by atoms with van der Waals surface area (Å²) in [7, 11) is 0. The molecule has 0 fully saturated rings. The van der Waals surface area contributed by atoms with E-state index in [4.69, 9.17) is 10.5 Å². The van der Waals surface area contributed by atoms with Gasteiger partial charge in [0.1, 0.15) is 5.60 Å². The number of carbonyl (C=O) groups is 2. The van der Waals surface area contributed by atoms with Crippen molar-refractivity contribution in [3.8, 4) is 0 Å². The zero-order valence-electron chi connectivity index (χ0n) is 10.6. The van der Waals surface area contributed by atoms with Gasteiger partial charge in [0.05, 0.1) is 0 Å². The molecule has 0 heterocycles. The molecule has 0 aliphatic heterocycles. The van der Waals surface area contributed by atoms with E-state index in [0.717, 1.165) is 0 Å². The largest absolute Gasteiger partial charge is 0.444 e. The van der Waals surface area contributed by atoms with Gasteiger partial charge in [0.15, 0.2) is 0 Å². The summed E-state index contributed by atoms with van der Waals surface area (Å²) in [5, 5.41) is 4.99. The molecule has 0 spiro atoms. The van der Waals surface area contributed by atoms with Crippen LogP contribution in [-0.2, 0) is 4.74 Å². The van der Waals surface area contributed by atoms with Crippen LogP contribution >= 0.6 is 0 Å². The maximum absolute atomic E-state index is 11.5. The van der Waals surface area contributed by atoms with E-state index in [2.05, 4.69) is 10.6 Å². The summed E-state index contributed by atoms with van der Waals surface area (Å²) in [6.45, 7) is 5.35. The molecule has 0 aliphatic rings. The number of primary amides is 1. The molecular weight excluding hydrogens is 234 g/mol. The summed E-state index contributed by atoms with van der Waals surface area (Å²) < 4.78 is 5.10. The second-order valence-electron chi connectivity index (χ2n) is 4.69. The number of anilines is 2. The maximum Gasteiger partial charge on any atom is 0.412 e. The number of urea groups is 1. The van der Waals surface area contributed by atoms with E-state index >= 15 is 0 Å². The van der Waals surface area contributed by atoms with Gasteiger partial charge >= 0.3 is 12.1 Å². The first-order valence-electron chi connectivity index (χ1n) is 5.43. The Labute approximate surface area is 105 Å². The topological polar surface area (TPSA) is 93.4 Å². The molecular formula is C12H17N3O3. The second kappa shape index (κ2) is 5.39. The van der Waals surface area contributed by atoms with Gasteiger partial charge < -0.3 is 15.8 Å². The minimum atomic E-state index is -0.636. The summed E-state index contributed by atoms with van der Waals surface area (Å²) in [5.74, 6) is 0. The average molecular weight is 251 g/mol. The van der Waals surface area contributed by atoms with Crippen molar-refractivity contribution >= 4 is 23.5 Å². The number of hydrogen-bond acceptors (Lipinski definition) is 3. The summed E-state index contributed by atoms with van der Waals surface area (Å²) >= 11 is 0. The fourth-order valence-corrected chi connectivity index (χ4v) is 1.20. The molecule has 6 heteroatoms. The first-order valence-corrected chi connectivity index (χ1v) is 5.43. The lowest BCUT2D eigenvalue weighted by atomic mass is 10.2. The van der Waals surface area contributed by atoms with E-state index in [1.165, 1.54) is 0 Å². The monoisotopic (exact) mass is 251 g/mol. The van der Waals surface area contributed by atoms with Gasteiger partial charge in [-0.1, -0.05) is 0 Å². The average Bonchev–Trinajstić information content (AvgIpc) is 2.17. The lowest BCUT2D eigenvalue weighted by Crippen LogP contribution is -2.27. The Bertz CT molecular complexity index is 435. The Kier molecular flexibility index (Phi) is 4.14. The van der Waals surface area contributed by atoms with Crippen LogP contribution in [0, 0.1) is 0 Å². The van der Waals surface area contributed by atoms with Crippen LogP contribution in [0.4, 0.5) is 21.0 Å². The van der Waals surface area contributed by atoms with Crippen LogP contribution in [0.1, 0.15) is 20.8 Å². The molecule has 1 aromatic carbocycles. The van der Waals surface area contributed by atoms with Crippen molar-refractivity contribution in [2.75, 3.05) is 10.6 Å². The lowest BCUT2D eigenvalue weighted by molar-refractivity contribution is 0.0636. The van der Waals surface area contributed by atoms with Crippen molar-refractivity contribution in [3.63, 3.8) is 0 Å². The number of amides is 3. The molecule has 3 amide bonds. The van der Waals surface area contributed by atoms with Gasteiger partial charge in [-0.05, 0) is 45.0 Å².